The first-order valence-corrected chi connectivity index (χ1v) is 7.76. The second-order valence-corrected chi connectivity index (χ2v) is 5.48. The third kappa shape index (κ3) is 4.05. The van der Waals surface area contributed by atoms with Crippen LogP contribution in [0, 0.1) is 11.3 Å². The summed E-state index contributed by atoms with van der Waals surface area (Å²) in [5.41, 5.74) is 1.57. The minimum atomic E-state index is -0.0679. The van der Waals surface area contributed by atoms with Crippen LogP contribution in [0.3, 0.4) is 0 Å². The van der Waals surface area contributed by atoms with E-state index in [1.54, 1.807) is 6.07 Å². The first-order chi connectivity index (χ1) is 10.3. The molecule has 1 aromatic carbocycles. The number of hydrogen-bond acceptors (Lipinski definition) is 3. The van der Waals surface area contributed by atoms with Gasteiger partial charge in [-0.1, -0.05) is 31.0 Å². The van der Waals surface area contributed by atoms with E-state index >= 15 is 0 Å². The number of nitrogens with one attached hydrogen (secondary N) is 1. The molecule has 1 saturated heterocycles. The Morgan fingerprint density at radius 1 is 1.38 bits per heavy atom. The zero-order chi connectivity index (χ0) is 15.1. The second kappa shape index (κ2) is 7.80. The van der Waals surface area contributed by atoms with Gasteiger partial charge in [-0.3, -0.25) is 4.79 Å². The lowest BCUT2D eigenvalue weighted by Gasteiger charge is -2.26. The van der Waals surface area contributed by atoms with Gasteiger partial charge in [-0.2, -0.15) is 5.26 Å². The van der Waals surface area contributed by atoms with E-state index in [1.807, 2.05) is 30.0 Å². The fraction of sp³-hybridized carbons (Fsp3) is 0.529. The molecule has 4 heteroatoms. The molecule has 1 N–H and O–H groups in total. The van der Waals surface area contributed by atoms with E-state index in [-0.39, 0.29) is 11.9 Å². The Balaban J connectivity index is 2.08. The summed E-state index contributed by atoms with van der Waals surface area (Å²) in [4.78, 5) is 14.5. The van der Waals surface area contributed by atoms with Gasteiger partial charge >= 0.3 is 0 Å². The first kappa shape index (κ1) is 15.5. The van der Waals surface area contributed by atoms with Crippen LogP contribution in [0.4, 0.5) is 0 Å². The predicted octanol–water partition coefficient (Wildman–Crippen LogP) is 2.44. The number of likely N-dealkylation sites (N-methyl/N-ethyl adjacent to an activating group) is 1. The number of nitrogens with zero attached hydrogens (tertiary/aromatic N) is 2. The summed E-state index contributed by atoms with van der Waals surface area (Å²) in [6.07, 6.45) is 4.36. The van der Waals surface area contributed by atoms with E-state index in [4.69, 9.17) is 5.26 Å². The number of hydrogen-bond donors (Lipinski definition) is 1. The van der Waals surface area contributed by atoms with Crippen LogP contribution >= 0.6 is 0 Å². The maximum absolute atomic E-state index is 12.7. The predicted molar refractivity (Wildman–Crippen MR) is 82.5 cm³/mol. The van der Waals surface area contributed by atoms with Crippen LogP contribution in [-0.4, -0.2) is 29.9 Å². The summed E-state index contributed by atoms with van der Waals surface area (Å²) in [5.74, 6) is 0.159. The summed E-state index contributed by atoms with van der Waals surface area (Å²) in [6, 6.07) is 9.63. The molecule has 0 radical (unpaired) electrons. The van der Waals surface area contributed by atoms with Crippen molar-refractivity contribution in [1.82, 2.24) is 10.2 Å². The van der Waals surface area contributed by atoms with Crippen LogP contribution in [0.1, 0.15) is 43.7 Å². The molecule has 2 rings (SSSR count). The average Bonchev–Trinajstić information content (AvgIpc) is 2.81. The Morgan fingerprint density at radius 2 is 2.19 bits per heavy atom. The number of amides is 1. The summed E-state index contributed by atoms with van der Waals surface area (Å²) in [5, 5.41) is 12.5. The first-order valence-electron chi connectivity index (χ1n) is 7.76. The van der Waals surface area contributed by atoms with Gasteiger partial charge in [-0.15, -0.1) is 0 Å². The van der Waals surface area contributed by atoms with E-state index in [1.165, 1.54) is 6.42 Å². The van der Waals surface area contributed by atoms with Crippen LogP contribution < -0.4 is 5.32 Å². The van der Waals surface area contributed by atoms with E-state index in [9.17, 15) is 4.79 Å². The van der Waals surface area contributed by atoms with Crippen molar-refractivity contribution in [2.45, 2.75) is 45.2 Å². The fourth-order valence-electron chi connectivity index (χ4n) is 2.78. The number of benzene rings is 1. The molecule has 1 fully saturated rings. The van der Waals surface area contributed by atoms with Crippen LogP contribution in [-0.2, 0) is 11.3 Å². The lowest BCUT2D eigenvalue weighted by Crippen LogP contribution is -2.45. The molecule has 1 amide bonds. The summed E-state index contributed by atoms with van der Waals surface area (Å²) < 4.78 is 0. The zero-order valence-electron chi connectivity index (χ0n) is 12.6. The minimum absolute atomic E-state index is 0.0679. The molecule has 1 aromatic rings. The monoisotopic (exact) mass is 285 g/mol. The van der Waals surface area contributed by atoms with Gasteiger partial charge in [0.15, 0.2) is 0 Å². The second-order valence-electron chi connectivity index (χ2n) is 5.48. The smallest absolute Gasteiger partial charge is 0.239 e. The normalized spacial score (nSPS) is 18.6. The number of carbonyl (C=O) groups is 1. The molecule has 0 saturated carbocycles. The van der Waals surface area contributed by atoms with Crippen LogP contribution in [0.15, 0.2) is 24.3 Å². The average molecular weight is 285 g/mol. The van der Waals surface area contributed by atoms with Gasteiger partial charge < -0.3 is 10.2 Å². The van der Waals surface area contributed by atoms with Crippen molar-refractivity contribution in [2.24, 2.45) is 0 Å². The number of carbonyl (C=O) groups excluding carboxylic acids is 1. The van der Waals surface area contributed by atoms with Crippen LogP contribution in [0.25, 0.3) is 0 Å². The Labute approximate surface area is 126 Å². The topological polar surface area (TPSA) is 56.1 Å². The third-order valence-electron chi connectivity index (χ3n) is 4.05. The molecule has 0 bridgehead atoms. The van der Waals surface area contributed by atoms with Gasteiger partial charge in [0.25, 0.3) is 0 Å². The maximum atomic E-state index is 12.7. The molecule has 1 aliphatic rings. The van der Waals surface area contributed by atoms with Crippen molar-refractivity contribution in [3.63, 3.8) is 0 Å². The molecule has 0 aliphatic carbocycles. The van der Waals surface area contributed by atoms with E-state index in [2.05, 4.69) is 11.4 Å². The molecule has 0 aromatic heterocycles. The molecule has 112 valence electrons. The summed E-state index contributed by atoms with van der Waals surface area (Å²) >= 11 is 0. The van der Waals surface area contributed by atoms with Crippen molar-refractivity contribution >= 4 is 5.91 Å². The lowest BCUT2D eigenvalue weighted by molar-refractivity contribution is -0.134. The number of rotatable bonds is 4. The van der Waals surface area contributed by atoms with Gasteiger partial charge in [0, 0.05) is 13.1 Å². The molecule has 0 spiro atoms. The molecule has 1 aliphatic heterocycles. The van der Waals surface area contributed by atoms with E-state index < -0.39 is 0 Å². The summed E-state index contributed by atoms with van der Waals surface area (Å²) in [6.45, 7) is 4.08. The van der Waals surface area contributed by atoms with Crippen LogP contribution in [0.2, 0.25) is 0 Å². The largest absolute Gasteiger partial charge is 0.337 e. The Hall–Kier alpha value is -1.86. The Morgan fingerprint density at radius 3 is 2.95 bits per heavy atom. The van der Waals surface area contributed by atoms with Gasteiger partial charge in [0.2, 0.25) is 5.91 Å². The summed E-state index contributed by atoms with van der Waals surface area (Å²) in [7, 11) is 0. The lowest BCUT2D eigenvalue weighted by atomic mass is 10.1. The highest BCUT2D eigenvalue weighted by Gasteiger charge is 2.24. The maximum Gasteiger partial charge on any atom is 0.239 e. The van der Waals surface area contributed by atoms with E-state index in [0.29, 0.717) is 18.7 Å². The SMILES string of the molecule is CCN(Cc1ccccc1C#N)C(=O)C1CCCCCN1. The van der Waals surface area contributed by atoms with Crippen molar-refractivity contribution in [2.75, 3.05) is 13.1 Å². The van der Waals surface area contributed by atoms with Gasteiger partial charge in [-0.25, -0.2) is 0 Å². The molecular formula is C17H23N3O. The van der Waals surface area contributed by atoms with Crippen molar-refractivity contribution < 1.29 is 4.79 Å². The highest BCUT2D eigenvalue weighted by molar-refractivity contribution is 5.82. The fourth-order valence-corrected chi connectivity index (χ4v) is 2.78. The quantitative estimate of drug-likeness (QED) is 0.924. The molecule has 1 unspecified atom stereocenters. The molecule has 1 heterocycles. The van der Waals surface area contributed by atoms with Gasteiger partial charge in [0.1, 0.15) is 0 Å². The van der Waals surface area contributed by atoms with E-state index in [0.717, 1.165) is 31.4 Å². The van der Waals surface area contributed by atoms with Crippen molar-refractivity contribution in [3.05, 3.63) is 35.4 Å². The molecule has 21 heavy (non-hydrogen) atoms. The third-order valence-corrected chi connectivity index (χ3v) is 4.05. The zero-order valence-corrected chi connectivity index (χ0v) is 12.6. The highest BCUT2D eigenvalue weighted by atomic mass is 16.2. The number of nitriles is 1. The molecule has 1 atom stereocenters. The molecule has 4 nitrogen and oxygen atoms in total. The van der Waals surface area contributed by atoms with Crippen molar-refractivity contribution in [1.29, 1.82) is 5.26 Å². The van der Waals surface area contributed by atoms with Gasteiger partial charge in [-0.05, 0) is 37.9 Å². The minimum Gasteiger partial charge on any atom is -0.337 e. The van der Waals surface area contributed by atoms with Gasteiger partial charge in [0.05, 0.1) is 17.7 Å². The molecular weight excluding hydrogens is 262 g/mol. The highest BCUT2D eigenvalue weighted by Crippen LogP contribution is 2.15. The standard InChI is InChI=1S/C17H23N3O/c1-2-20(13-15-9-6-5-8-14(15)12-18)17(21)16-10-4-3-7-11-19-16/h5-6,8-9,16,19H,2-4,7,10-11,13H2,1H3. The Bertz CT molecular complexity index is 513. The van der Waals surface area contributed by atoms with Crippen molar-refractivity contribution in [3.8, 4) is 6.07 Å². The Kier molecular flexibility index (Phi) is 5.77. The van der Waals surface area contributed by atoms with Crippen LogP contribution in [0.5, 0.6) is 0 Å².